The lowest BCUT2D eigenvalue weighted by Crippen LogP contribution is -2.40. The number of H-pyrrole nitrogens is 1. The highest BCUT2D eigenvalue weighted by Crippen LogP contribution is 2.35. The number of nitrogens with zero attached hydrogens (tertiary/aromatic N) is 1. The average molecular weight is 385 g/mol. The van der Waals surface area contributed by atoms with Gasteiger partial charge in [0, 0.05) is 41.3 Å². The van der Waals surface area contributed by atoms with Crippen LogP contribution in [-0.2, 0) is 23.2 Å². The Labute approximate surface area is 152 Å². The number of hydrogen-bond donors (Lipinski definition) is 3. The van der Waals surface area contributed by atoms with E-state index >= 15 is 0 Å². The molecular formula is C17H21ClN2O4S. The number of aromatic amines is 1. The Kier molecular flexibility index (Phi) is 6.42. The first-order chi connectivity index (χ1) is 11.7. The Hall–Kier alpha value is -1.64. The first-order valence-electron chi connectivity index (χ1n) is 7.67. The predicted molar refractivity (Wildman–Crippen MR) is 101 cm³/mol. The van der Waals surface area contributed by atoms with E-state index in [1.165, 1.54) is 22.0 Å². The van der Waals surface area contributed by atoms with E-state index < -0.39 is 10.4 Å². The van der Waals surface area contributed by atoms with Crippen LogP contribution in [-0.4, -0.2) is 46.5 Å². The zero-order valence-corrected chi connectivity index (χ0v) is 15.2. The molecular weight excluding hydrogens is 364 g/mol. The summed E-state index contributed by atoms with van der Waals surface area (Å²) >= 11 is 6.42. The van der Waals surface area contributed by atoms with Gasteiger partial charge in [0.25, 0.3) is 0 Å². The molecule has 1 heterocycles. The minimum Gasteiger partial charge on any atom is -0.361 e. The van der Waals surface area contributed by atoms with Crippen molar-refractivity contribution < 1.29 is 17.5 Å². The fraction of sp³-hybridized carbons (Fsp3) is 0.294. The van der Waals surface area contributed by atoms with Gasteiger partial charge in [0.05, 0.1) is 0 Å². The highest BCUT2D eigenvalue weighted by atomic mass is 35.5. The molecule has 0 spiro atoms. The third-order valence-corrected chi connectivity index (χ3v) is 4.47. The Morgan fingerprint density at radius 2 is 1.84 bits per heavy atom. The monoisotopic (exact) mass is 384 g/mol. The quantitative estimate of drug-likeness (QED) is 0.543. The lowest BCUT2D eigenvalue weighted by atomic mass is 9.88. The molecule has 0 aliphatic heterocycles. The number of rotatable bonds is 5. The molecule has 2 aromatic rings. The fourth-order valence-electron chi connectivity index (χ4n) is 3.23. The van der Waals surface area contributed by atoms with E-state index in [1.807, 2.05) is 18.2 Å². The topological polar surface area (TPSA) is 93.6 Å². The largest absolute Gasteiger partial charge is 0.394 e. The molecule has 0 amide bonds. The van der Waals surface area contributed by atoms with Crippen molar-refractivity contribution in [3.05, 3.63) is 59.8 Å². The molecule has 0 bridgehead atoms. The normalized spacial score (nSPS) is 16.4. The van der Waals surface area contributed by atoms with Crippen molar-refractivity contribution in [2.75, 3.05) is 13.1 Å². The van der Waals surface area contributed by atoms with Crippen LogP contribution in [0.4, 0.5) is 0 Å². The van der Waals surface area contributed by atoms with E-state index in [2.05, 4.69) is 35.3 Å². The van der Waals surface area contributed by atoms with Gasteiger partial charge in [0.1, 0.15) is 0 Å². The molecule has 3 rings (SSSR count). The Bertz CT molecular complexity index is 858. The molecule has 0 fully saturated rings. The summed E-state index contributed by atoms with van der Waals surface area (Å²) in [6.07, 6.45) is 8.07. The van der Waals surface area contributed by atoms with Crippen molar-refractivity contribution >= 4 is 32.9 Å². The van der Waals surface area contributed by atoms with Crippen LogP contribution in [0.5, 0.6) is 0 Å². The van der Waals surface area contributed by atoms with Gasteiger partial charge in [-0.2, -0.15) is 8.42 Å². The van der Waals surface area contributed by atoms with E-state index in [1.54, 1.807) is 0 Å². The molecule has 1 aromatic heterocycles. The molecule has 8 heteroatoms. The van der Waals surface area contributed by atoms with Gasteiger partial charge >= 0.3 is 10.4 Å². The first-order valence-corrected chi connectivity index (χ1v) is 9.45. The van der Waals surface area contributed by atoms with Crippen molar-refractivity contribution in [3.63, 3.8) is 0 Å². The number of aromatic nitrogens is 1. The van der Waals surface area contributed by atoms with E-state index in [9.17, 15) is 0 Å². The van der Waals surface area contributed by atoms with Crippen molar-refractivity contribution in [3.8, 4) is 0 Å². The van der Waals surface area contributed by atoms with Gasteiger partial charge in [0.2, 0.25) is 0 Å². The third kappa shape index (κ3) is 5.17. The van der Waals surface area contributed by atoms with E-state index in [-0.39, 0.29) is 0 Å². The standard InChI is InChI=1S/C17H19ClN2.H2O4S/c1-3-7-20(8-4-2)13-9-12-11-19-16-6-5-15(18)14(10-13)17(12)16;1-5(2,3)4/h3-6,11,13,19H,1-2,7-10H2;(H2,1,2,3,4). The van der Waals surface area contributed by atoms with Crippen LogP contribution in [0.3, 0.4) is 0 Å². The van der Waals surface area contributed by atoms with E-state index in [4.69, 9.17) is 29.1 Å². The zero-order valence-electron chi connectivity index (χ0n) is 13.7. The van der Waals surface area contributed by atoms with Crippen molar-refractivity contribution in [1.29, 1.82) is 0 Å². The zero-order chi connectivity index (χ0) is 18.6. The van der Waals surface area contributed by atoms with Crippen molar-refractivity contribution in [2.45, 2.75) is 18.9 Å². The molecule has 0 radical (unpaired) electrons. The summed E-state index contributed by atoms with van der Waals surface area (Å²) in [4.78, 5) is 5.76. The van der Waals surface area contributed by atoms with E-state index in [0.717, 1.165) is 31.0 Å². The maximum Gasteiger partial charge on any atom is 0.394 e. The Balaban J connectivity index is 0.000000399. The molecule has 1 atom stereocenters. The van der Waals surface area contributed by atoms with Crippen LogP contribution in [0.15, 0.2) is 43.6 Å². The summed E-state index contributed by atoms with van der Waals surface area (Å²) in [6, 6.07) is 4.51. The van der Waals surface area contributed by atoms with Gasteiger partial charge in [-0.15, -0.1) is 13.2 Å². The number of nitrogens with one attached hydrogen (secondary N) is 1. The maximum atomic E-state index is 8.74. The molecule has 3 N–H and O–H groups in total. The summed E-state index contributed by atoms with van der Waals surface area (Å²) in [6.45, 7) is 9.48. The second kappa shape index (κ2) is 8.16. The molecule has 6 nitrogen and oxygen atoms in total. The second-order valence-corrected chi connectivity index (χ2v) is 7.11. The molecule has 1 aromatic carbocycles. The van der Waals surface area contributed by atoms with Crippen LogP contribution in [0, 0.1) is 0 Å². The van der Waals surface area contributed by atoms with Gasteiger partial charge in [-0.1, -0.05) is 23.8 Å². The molecule has 0 saturated carbocycles. The third-order valence-electron chi connectivity index (χ3n) is 4.12. The fourth-order valence-corrected chi connectivity index (χ4v) is 3.47. The highest BCUT2D eigenvalue weighted by Gasteiger charge is 2.26. The molecule has 1 aliphatic rings. The smallest absolute Gasteiger partial charge is 0.361 e. The second-order valence-electron chi connectivity index (χ2n) is 5.80. The van der Waals surface area contributed by atoms with Gasteiger partial charge in [-0.05, 0) is 36.1 Å². The predicted octanol–water partition coefficient (Wildman–Crippen LogP) is 3.31. The Morgan fingerprint density at radius 3 is 2.40 bits per heavy atom. The molecule has 1 aliphatic carbocycles. The summed E-state index contributed by atoms with van der Waals surface area (Å²) < 4.78 is 31.6. The van der Waals surface area contributed by atoms with Crippen LogP contribution in [0.25, 0.3) is 10.9 Å². The highest BCUT2D eigenvalue weighted by molar-refractivity contribution is 7.79. The summed E-state index contributed by atoms with van der Waals surface area (Å²) in [5, 5.41) is 2.20. The lowest BCUT2D eigenvalue weighted by molar-refractivity contribution is 0.235. The summed E-state index contributed by atoms with van der Waals surface area (Å²) in [5.74, 6) is 0. The minimum absolute atomic E-state index is 0.456. The maximum absolute atomic E-state index is 8.74. The van der Waals surface area contributed by atoms with Crippen LogP contribution in [0.1, 0.15) is 11.1 Å². The first kappa shape index (κ1) is 19.7. The number of halogens is 1. The van der Waals surface area contributed by atoms with Crippen molar-refractivity contribution in [1.82, 2.24) is 9.88 Å². The van der Waals surface area contributed by atoms with Crippen molar-refractivity contribution in [2.24, 2.45) is 0 Å². The lowest BCUT2D eigenvalue weighted by Gasteiger charge is -2.33. The van der Waals surface area contributed by atoms with Gasteiger partial charge < -0.3 is 4.98 Å². The summed E-state index contributed by atoms with van der Waals surface area (Å²) in [7, 11) is -4.67. The summed E-state index contributed by atoms with van der Waals surface area (Å²) in [5.41, 5.74) is 3.83. The molecule has 136 valence electrons. The molecule has 0 saturated heterocycles. The minimum atomic E-state index is -4.67. The number of benzene rings is 1. The SMILES string of the molecule is C=CCN(CC=C)C1Cc2c[nH]c3ccc(Cl)c(c23)C1.O=S(=O)(O)O. The molecule has 25 heavy (non-hydrogen) atoms. The average Bonchev–Trinajstić information content (AvgIpc) is 2.93. The number of hydrogen-bond acceptors (Lipinski definition) is 3. The van der Waals surface area contributed by atoms with E-state index in [0.29, 0.717) is 6.04 Å². The van der Waals surface area contributed by atoms with Crippen LogP contribution < -0.4 is 0 Å². The van der Waals surface area contributed by atoms with Crippen LogP contribution in [0.2, 0.25) is 5.02 Å². The van der Waals surface area contributed by atoms with Gasteiger partial charge in [-0.3, -0.25) is 14.0 Å². The van der Waals surface area contributed by atoms with Gasteiger partial charge in [0.15, 0.2) is 0 Å². The van der Waals surface area contributed by atoms with Gasteiger partial charge in [-0.25, -0.2) is 0 Å². The molecule has 1 unspecified atom stereocenters. The van der Waals surface area contributed by atoms with Crippen LogP contribution >= 0.6 is 11.6 Å². The Morgan fingerprint density at radius 1 is 1.24 bits per heavy atom.